The third-order valence-electron chi connectivity index (χ3n) is 6.38. The summed E-state index contributed by atoms with van der Waals surface area (Å²) in [5, 5.41) is 16.3. The van der Waals surface area contributed by atoms with Crippen LogP contribution < -0.4 is 5.32 Å². The fourth-order valence-electron chi connectivity index (χ4n) is 4.42. The van der Waals surface area contributed by atoms with E-state index in [1.165, 1.54) is 16.8 Å². The molecule has 1 aliphatic carbocycles. The van der Waals surface area contributed by atoms with E-state index in [2.05, 4.69) is 30.6 Å². The van der Waals surface area contributed by atoms with E-state index < -0.39 is 11.2 Å². The van der Waals surface area contributed by atoms with Crippen molar-refractivity contribution in [2.75, 3.05) is 5.32 Å². The summed E-state index contributed by atoms with van der Waals surface area (Å²) >= 11 is 0. The van der Waals surface area contributed by atoms with E-state index >= 15 is 0 Å². The highest BCUT2D eigenvalue weighted by atomic mass is 19.1. The van der Waals surface area contributed by atoms with Gasteiger partial charge in [0.15, 0.2) is 11.5 Å². The van der Waals surface area contributed by atoms with Crippen molar-refractivity contribution in [2.45, 2.75) is 38.1 Å². The lowest BCUT2D eigenvalue weighted by atomic mass is 9.82. The Morgan fingerprint density at radius 3 is 2.82 bits per heavy atom. The molecule has 6 rings (SSSR count). The third-order valence-corrected chi connectivity index (χ3v) is 6.38. The number of fused-ring (bicyclic) bond motifs is 2. The molecule has 1 amide bonds. The summed E-state index contributed by atoms with van der Waals surface area (Å²) in [6.07, 6.45) is 4.01. The first kappa shape index (κ1) is 19.8. The summed E-state index contributed by atoms with van der Waals surface area (Å²) < 4.78 is 29.8. The molecule has 10 heteroatoms. The van der Waals surface area contributed by atoms with Crippen LogP contribution in [0.2, 0.25) is 0 Å². The SMILES string of the molecule is C[C@@]1(CC2CC2)C(=O)Nc2nc(-c3nn(Cc4ccccc4F)c4ncc(F)cc34)nnc21. The number of amides is 1. The van der Waals surface area contributed by atoms with E-state index in [-0.39, 0.29) is 29.8 Å². The van der Waals surface area contributed by atoms with Gasteiger partial charge in [0.25, 0.3) is 0 Å². The molecule has 1 N–H and O–H groups in total. The summed E-state index contributed by atoms with van der Waals surface area (Å²) in [7, 11) is 0. The Balaban J connectivity index is 1.44. The molecule has 0 bridgehead atoms. The van der Waals surface area contributed by atoms with Gasteiger partial charge < -0.3 is 5.32 Å². The monoisotopic (exact) mass is 447 g/mol. The second-order valence-corrected chi connectivity index (χ2v) is 8.89. The summed E-state index contributed by atoms with van der Waals surface area (Å²) in [6.45, 7) is 1.96. The number of nitrogens with zero attached hydrogens (tertiary/aromatic N) is 6. The average molecular weight is 447 g/mol. The van der Waals surface area contributed by atoms with E-state index in [1.54, 1.807) is 18.2 Å². The zero-order valence-electron chi connectivity index (χ0n) is 17.7. The van der Waals surface area contributed by atoms with E-state index in [1.807, 2.05) is 6.92 Å². The predicted molar refractivity (Wildman–Crippen MR) is 115 cm³/mol. The standard InChI is InChI=1S/C23H19F2N7O/c1-23(9-12-6-7-12)18-20(28-22(23)33)27-19(30-29-18)17-15-8-14(24)10-26-21(15)32(31-17)11-13-4-2-3-5-16(13)25/h2-5,8,10,12H,6-7,9,11H2,1H3,(H,27,28,30,33)/t23-/m0/s1. The Morgan fingerprint density at radius 2 is 2.03 bits per heavy atom. The van der Waals surface area contributed by atoms with Gasteiger partial charge in [0, 0.05) is 5.56 Å². The third kappa shape index (κ3) is 3.24. The van der Waals surface area contributed by atoms with E-state index in [9.17, 15) is 13.6 Å². The smallest absolute Gasteiger partial charge is 0.237 e. The van der Waals surface area contributed by atoms with Crippen LogP contribution in [0.25, 0.3) is 22.6 Å². The number of carbonyl (C=O) groups excluding carboxylic acids is 1. The fraction of sp³-hybridized carbons (Fsp3) is 0.304. The molecule has 1 fully saturated rings. The number of hydrogen-bond donors (Lipinski definition) is 1. The molecule has 4 aromatic rings. The highest BCUT2D eigenvalue weighted by molar-refractivity contribution is 6.04. The first-order valence-corrected chi connectivity index (χ1v) is 10.7. The van der Waals surface area contributed by atoms with Gasteiger partial charge in [-0.05, 0) is 31.4 Å². The van der Waals surface area contributed by atoms with Gasteiger partial charge >= 0.3 is 0 Å². The first-order chi connectivity index (χ1) is 15.9. The summed E-state index contributed by atoms with van der Waals surface area (Å²) in [5.41, 5.74) is 0.780. The van der Waals surface area contributed by atoms with Crippen molar-refractivity contribution in [2.24, 2.45) is 5.92 Å². The van der Waals surface area contributed by atoms with Crippen LogP contribution in [0, 0.1) is 17.6 Å². The van der Waals surface area contributed by atoms with Gasteiger partial charge in [-0.25, -0.2) is 23.4 Å². The van der Waals surface area contributed by atoms with Crippen LogP contribution in [-0.4, -0.2) is 35.9 Å². The molecule has 3 aromatic heterocycles. The first-order valence-electron chi connectivity index (χ1n) is 10.7. The molecular formula is C23H19F2N7O. The number of hydrogen-bond acceptors (Lipinski definition) is 6. The average Bonchev–Trinajstić information content (AvgIpc) is 3.48. The molecule has 0 unspecified atom stereocenters. The lowest BCUT2D eigenvalue weighted by molar-refractivity contribution is -0.120. The zero-order valence-corrected chi connectivity index (χ0v) is 17.7. The van der Waals surface area contributed by atoms with Crippen LogP contribution in [0.15, 0.2) is 36.5 Å². The summed E-state index contributed by atoms with van der Waals surface area (Å²) in [4.78, 5) is 21.4. The maximum absolute atomic E-state index is 14.2. The van der Waals surface area contributed by atoms with Crippen molar-refractivity contribution in [3.8, 4) is 11.5 Å². The van der Waals surface area contributed by atoms with Crippen LogP contribution in [0.4, 0.5) is 14.6 Å². The summed E-state index contributed by atoms with van der Waals surface area (Å²) in [6, 6.07) is 7.63. The van der Waals surface area contributed by atoms with Crippen molar-refractivity contribution in [3.63, 3.8) is 0 Å². The highest BCUT2D eigenvalue weighted by Crippen LogP contribution is 2.46. The van der Waals surface area contributed by atoms with Gasteiger partial charge in [0.1, 0.15) is 23.0 Å². The zero-order chi connectivity index (χ0) is 22.7. The van der Waals surface area contributed by atoms with Crippen molar-refractivity contribution in [3.05, 3.63) is 59.4 Å². The van der Waals surface area contributed by atoms with Crippen molar-refractivity contribution in [1.29, 1.82) is 0 Å². The molecule has 1 aliphatic heterocycles. The number of aromatic nitrogens is 6. The van der Waals surface area contributed by atoms with E-state index in [0.717, 1.165) is 19.0 Å². The quantitative estimate of drug-likeness (QED) is 0.502. The number of anilines is 1. The minimum Gasteiger partial charge on any atom is -0.308 e. The molecule has 2 aliphatic rings. The summed E-state index contributed by atoms with van der Waals surface area (Å²) in [5.74, 6) is -0.0819. The second-order valence-electron chi connectivity index (χ2n) is 8.89. The van der Waals surface area contributed by atoms with Gasteiger partial charge in [-0.3, -0.25) is 4.79 Å². The van der Waals surface area contributed by atoms with Crippen LogP contribution in [-0.2, 0) is 16.8 Å². The molecule has 1 saturated carbocycles. The number of carbonyl (C=O) groups is 1. The van der Waals surface area contributed by atoms with Crippen molar-refractivity contribution < 1.29 is 13.6 Å². The number of nitrogens with one attached hydrogen (secondary N) is 1. The molecule has 33 heavy (non-hydrogen) atoms. The number of benzene rings is 1. The molecule has 166 valence electrons. The number of rotatable bonds is 5. The van der Waals surface area contributed by atoms with Gasteiger partial charge in [-0.1, -0.05) is 31.0 Å². The van der Waals surface area contributed by atoms with Crippen molar-refractivity contribution in [1.82, 2.24) is 29.9 Å². The molecule has 8 nitrogen and oxygen atoms in total. The number of pyridine rings is 1. The fourth-order valence-corrected chi connectivity index (χ4v) is 4.42. The maximum Gasteiger partial charge on any atom is 0.237 e. The Kier molecular flexibility index (Phi) is 4.26. The van der Waals surface area contributed by atoms with E-state index in [4.69, 9.17) is 0 Å². The van der Waals surface area contributed by atoms with E-state index in [0.29, 0.717) is 40.4 Å². The Bertz CT molecular complexity index is 1430. The minimum absolute atomic E-state index is 0.0936. The molecule has 1 aromatic carbocycles. The van der Waals surface area contributed by atoms with Gasteiger partial charge in [0.05, 0.1) is 23.5 Å². The van der Waals surface area contributed by atoms with Gasteiger partial charge in [0.2, 0.25) is 11.7 Å². The Morgan fingerprint density at radius 1 is 1.21 bits per heavy atom. The normalized spacial score (nSPS) is 19.7. The molecule has 1 atom stereocenters. The largest absolute Gasteiger partial charge is 0.308 e. The molecule has 0 saturated heterocycles. The Hall–Kier alpha value is -3.82. The second kappa shape index (κ2) is 7.09. The molecule has 0 radical (unpaired) electrons. The minimum atomic E-state index is -0.769. The van der Waals surface area contributed by atoms with Crippen LogP contribution in [0.1, 0.15) is 37.4 Å². The maximum atomic E-state index is 14.2. The molecule has 0 spiro atoms. The number of halogens is 2. The predicted octanol–water partition coefficient (Wildman–Crippen LogP) is 3.62. The van der Waals surface area contributed by atoms with Crippen LogP contribution in [0.5, 0.6) is 0 Å². The van der Waals surface area contributed by atoms with Gasteiger partial charge in [-0.2, -0.15) is 5.10 Å². The molecular weight excluding hydrogens is 428 g/mol. The lowest BCUT2D eigenvalue weighted by Crippen LogP contribution is -2.32. The highest BCUT2D eigenvalue weighted by Gasteiger charge is 2.48. The van der Waals surface area contributed by atoms with Crippen LogP contribution >= 0.6 is 0 Å². The van der Waals surface area contributed by atoms with Crippen LogP contribution in [0.3, 0.4) is 0 Å². The molecule has 4 heterocycles. The van der Waals surface area contributed by atoms with Gasteiger partial charge in [-0.15, -0.1) is 10.2 Å². The van der Waals surface area contributed by atoms with Crippen molar-refractivity contribution >= 4 is 22.8 Å². The Labute approximate surface area is 187 Å². The lowest BCUT2D eigenvalue weighted by Gasteiger charge is -2.19. The topological polar surface area (TPSA) is 98.5 Å².